The molecular formula is C21H23ClN6OS. The molecule has 156 valence electrons. The van der Waals surface area contributed by atoms with Crippen LogP contribution < -0.4 is 10.6 Å². The molecule has 2 unspecified atom stereocenters. The van der Waals surface area contributed by atoms with Crippen LogP contribution in [0.15, 0.2) is 46.7 Å². The van der Waals surface area contributed by atoms with E-state index in [1.807, 2.05) is 24.4 Å². The van der Waals surface area contributed by atoms with Crippen LogP contribution in [0.5, 0.6) is 0 Å². The van der Waals surface area contributed by atoms with Crippen molar-refractivity contribution in [2.75, 3.05) is 24.6 Å². The summed E-state index contributed by atoms with van der Waals surface area (Å²) in [6, 6.07) is 5.89. The summed E-state index contributed by atoms with van der Waals surface area (Å²) < 4.78 is 5.82. The van der Waals surface area contributed by atoms with Gasteiger partial charge in [-0.05, 0) is 38.0 Å². The third-order valence-electron chi connectivity index (χ3n) is 6.25. The summed E-state index contributed by atoms with van der Waals surface area (Å²) in [6.45, 7) is 4.65. The second-order valence-electron chi connectivity index (χ2n) is 8.02. The van der Waals surface area contributed by atoms with Crippen LogP contribution >= 0.6 is 23.4 Å². The van der Waals surface area contributed by atoms with Crippen LogP contribution in [-0.4, -0.2) is 51.8 Å². The van der Waals surface area contributed by atoms with Gasteiger partial charge in [0, 0.05) is 41.8 Å². The van der Waals surface area contributed by atoms with Gasteiger partial charge in [0.1, 0.15) is 16.4 Å². The van der Waals surface area contributed by atoms with Crippen LogP contribution in [0, 0.1) is 5.41 Å². The van der Waals surface area contributed by atoms with Gasteiger partial charge in [0.05, 0.1) is 23.9 Å². The highest BCUT2D eigenvalue weighted by Crippen LogP contribution is 2.41. The predicted octanol–water partition coefficient (Wildman–Crippen LogP) is 3.56. The van der Waals surface area contributed by atoms with Gasteiger partial charge in [0.2, 0.25) is 0 Å². The van der Waals surface area contributed by atoms with Crippen molar-refractivity contribution in [3.63, 3.8) is 0 Å². The fourth-order valence-electron chi connectivity index (χ4n) is 4.30. The summed E-state index contributed by atoms with van der Waals surface area (Å²) in [5, 5.41) is 1.43. The van der Waals surface area contributed by atoms with Crippen molar-refractivity contribution in [1.82, 2.24) is 19.9 Å². The number of nitrogens with two attached hydrogens (primary N) is 1. The highest BCUT2D eigenvalue weighted by Gasteiger charge is 2.47. The summed E-state index contributed by atoms with van der Waals surface area (Å²) in [7, 11) is 0. The van der Waals surface area contributed by atoms with Crippen molar-refractivity contribution in [2.24, 2.45) is 11.1 Å². The van der Waals surface area contributed by atoms with Crippen molar-refractivity contribution in [1.29, 1.82) is 0 Å². The molecule has 0 radical (unpaired) electrons. The minimum atomic E-state index is 0.0993. The van der Waals surface area contributed by atoms with Crippen LogP contribution in [0.2, 0.25) is 5.02 Å². The monoisotopic (exact) mass is 442 g/mol. The first-order valence-electron chi connectivity index (χ1n) is 10.1. The Kier molecular flexibility index (Phi) is 5.26. The van der Waals surface area contributed by atoms with Crippen LogP contribution in [0.3, 0.4) is 0 Å². The fourth-order valence-corrected chi connectivity index (χ4v) is 5.31. The van der Waals surface area contributed by atoms with Crippen LogP contribution in [0.25, 0.3) is 11.2 Å². The summed E-state index contributed by atoms with van der Waals surface area (Å²) in [4.78, 5) is 21.2. The highest BCUT2D eigenvalue weighted by atomic mass is 35.5. The molecule has 0 bridgehead atoms. The molecule has 3 aromatic heterocycles. The molecule has 0 aliphatic carbocycles. The highest BCUT2D eigenvalue weighted by molar-refractivity contribution is 7.99. The van der Waals surface area contributed by atoms with Crippen molar-refractivity contribution < 1.29 is 4.74 Å². The number of piperidine rings is 1. The summed E-state index contributed by atoms with van der Waals surface area (Å²) in [5.41, 5.74) is 7.94. The Bertz CT molecular complexity index is 1070. The lowest BCUT2D eigenvalue weighted by Gasteiger charge is -2.41. The van der Waals surface area contributed by atoms with Gasteiger partial charge >= 0.3 is 0 Å². The van der Waals surface area contributed by atoms with E-state index in [1.165, 1.54) is 11.8 Å². The van der Waals surface area contributed by atoms with Gasteiger partial charge in [-0.3, -0.25) is 4.98 Å². The Morgan fingerprint density at radius 3 is 2.77 bits per heavy atom. The van der Waals surface area contributed by atoms with E-state index < -0.39 is 0 Å². The third-order valence-corrected chi connectivity index (χ3v) is 7.67. The molecule has 3 aromatic rings. The zero-order valence-electron chi connectivity index (χ0n) is 16.7. The van der Waals surface area contributed by atoms with E-state index in [-0.39, 0.29) is 17.6 Å². The summed E-state index contributed by atoms with van der Waals surface area (Å²) in [5.74, 6) is 0.886. The predicted molar refractivity (Wildman–Crippen MR) is 118 cm³/mol. The van der Waals surface area contributed by atoms with Crippen molar-refractivity contribution in [3.05, 3.63) is 41.8 Å². The normalized spacial score (nSPS) is 23.4. The zero-order valence-corrected chi connectivity index (χ0v) is 18.2. The molecule has 5 rings (SSSR count). The van der Waals surface area contributed by atoms with Crippen molar-refractivity contribution >= 4 is 40.3 Å². The van der Waals surface area contributed by atoms with Crippen LogP contribution in [0.4, 0.5) is 5.82 Å². The maximum atomic E-state index is 6.43. The van der Waals surface area contributed by atoms with E-state index in [0.717, 1.165) is 53.8 Å². The molecule has 5 heterocycles. The van der Waals surface area contributed by atoms with Gasteiger partial charge in [0.15, 0.2) is 5.65 Å². The zero-order chi connectivity index (χ0) is 20.7. The maximum absolute atomic E-state index is 6.43. The van der Waals surface area contributed by atoms with Crippen LogP contribution in [0.1, 0.15) is 19.8 Å². The number of aromatic nitrogens is 4. The van der Waals surface area contributed by atoms with Gasteiger partial charge in [-0.2, -0.15) is 0 Å². The van der Waals surface area contributed by atoms with Crippen molar-refractivity contribution in [2.45, 2.75) is 41.8 Å². The molecule has 0 aromatic carbocycles. The molecule has 0 amide bonds. The number of hydrogen-bond acceptors (Lipinski definition) is 8. The van der Waals surface area contributed by atoms with E-state index in [9.17, 15) is 0 Å². The Morgan fingerprint density at radius 2 is 2.03 bits per heavy atom. The van der Waals surface area contributed by atoms with E-state index >= 15 is 0 Å². The second kappa shape index (κ2) is 7.92. The number of nitrogens with zero attached hydrogens (tertiary/aromatic N) is 5. The Hall–Kier alpha value is -2.00. The Balaban J connectivity index is 1.32. The quantitative estimate of drug-likeness (QED) is 0.658. The second-order valence-corrected chi connectivity index (χ2v) is 9.49. The lowest BCUT2D eigenvalue weighted by molar-refractivity contribution is 0.0974. The van der Waals surface area contributed by atoms with E-state index in [1.54, 1.807) is 12.4 Å². The summed E-state index contributed by atoms with van der Waals surface area (Å²) >= 11 is 7.69. The molecule has 2 aliphatic heterocycles. The van der Waals surface area contributed by atoms with Gasteiger partial charge in [-0.1, -0.05) is 23.4 Å². The SMILES string of the molecule is CC1OCC2(CCN(c3cnc4nc(Sc5ccncc5Cl)ccc4n3)CC2)C1N. The number of halogens is 1. The van der Waals surface area contributed by atoms with Gasteiger partial charge in [-0.15, -0.1) is 0 Å². The molecule has 2 aliphatic rings. The lowest BCUT2D eigenvalue weighted by Crippen LogP contribution is -2.50. The smallest absolute Gasteiger partial charge is 0.179 e. The topological polar surface area (TPSA) is 90.0 Å². The molecular weight excluding hydrogens is 420 g/mol. The minimum absolute atomic E-state index is 0.0993. The first-order chi connectivity index (χ1) is 14.5. The maximum Gasteiger partial charge on any atom is 0.179 e. The number of rotatable bonds is 3. The molecule has 1 spiro atoms. The van der Waals surface area contributed by atoms with Crippen molar-refractivity contribution in [3.8, 4) is 0 Å². The van der Waals surface area contributed by atoms with Gasteiger partial charge < -0.3 is 15.4 Å². The first kappa shape index (κ1) is 19.9. The molecule has 2 fully saturated rings. The number of fused-ring (bicyclic) bond motifs is 1. The van der Waals surface area contributed by atoms with Crippen LogP contribution in [-0.2, 0) is 4.74 Å². The summed E-state index contributed by atoms with van der Waals surface area (Å²) in [6.07, 6.45) is 7.32. The molecule has 2 atom stereocenters. The fraction of sp³-hybridized carbons (Fsp3) is 0.429. The standard InChI is InChI=1S/C21H23ClN6OS/c1-13-19(23)21(12-29-13)5-8-28(9-6-21)17-11-25-20-15(26-17)2-3-18(27-20)30-16-4-7-24-10-14(16)22/h2-4,7,10-11,13,19H,5-6,8-9,12,23H2,1H3. The first-order valence-corrected chi connectivity index (χ1v) is 11.3. The molecule has 30 heavy (non-hydrogen) atoms. The molecule has 2 N–H and O–H groups in total. The largest absolute Gasteiger partial charge is 0.376 e. The Labute approximate surface area is 184 Å². The number of ether oxygens (including phenoxy) is 1. The lowest BCUT2D eigenvalue weighted by atomic mass is 9.73. The average Bonchev–Trinajstić information content (AvgIpc) is 3.04. The molecule has 2 saturated heterocycles. The number of hydrogen-bond donors (Lipinski definition) is 1. The Morgan fingerprint density at radius 1 is 1.20 bits per heavy atom. The van der Waals surface area contributed by atoms with Gasteiger partial charge in [0.25, 0.3) is 0 Å². The number of anilines is 1. The third kappa shape index (κ3) is 3.62. The molecule has 0 saturated carbocycles. The van der Waals surface area contributed by atoms with E-state index in [2.05, 4.69) is 26.8 Å². The average molecular weight is 443 g/mol. The minimum Gasteiger partial charge on any atom is -0.376 e. The van der Waals surface area contributed by atoms with E-state index in [0.29, 0.717) is 10.7 Å². The van der Waals surface area contributed by atoms with E-state index in [4.69, 9.17) is 27.1 Å². The molecule has 7 nitrogen and oxygen atoms in total. The molecule has 9 heteroatoms. The van der Waals surface area contributed by atoms with Gasteiger partial charge in [-0.25, -0.2) is 15.0 Å². The number of pyridine rings is 2.